The van der Waals surface area contributed by atoms with Gasteiger partial charge in [-0.3, -0.25) is 9.36 Å². The fourth-order valence-electron chi connectivity index (χ4n) is 3.42. The predicted octanol–water partition coefficient (Wildman–Crippen LogP) is 5.52. The zero-order chi connectivity index (χ0) is 21.5. The van der Waals surface area contributed by atoms with Gasteiger partial charge in [0.1, 0.15) is 17.1 Å². The second-order valence-corrected chi connectivity index (χ2v) is 6.63. The van der Waals surface area contributed by atoms with Crippen molar-refractivity contribution < 1.29 is 22.3 Å². The van der Waals surface area contributed by atoms with Crippen molar-refractivity contribution >= 4 is 10.9 Å². The highest BCUT2D eigenvalue weighted by Crippen LogP contribution is 2.29. The largest absolute Gasteiger partial charge is 0.573 e. The maximum atomic E-state index is 13.4. The fourth-order valence-corrected chi connectivity index (χ4v) is 3.42. The molecule has 4 nitrogen and oxygen atoms in total. The molecule has 2 heterocycles. The van der Waals surface area contributed by atoms with Crippen LogP contribution in [0.2, 0.25) is 0 Å². The molecule has 0 aliphatic heterocycles. The van der Waals surface area contributed by atoms with E-state index in [-0.39, 0.29) is 17.1 Å². The molecule has 0 bridgehead atoms. The van der Waals surface area contributed by atoms with E-state index in [2.05, 4.69) is 4.74 Å². The Balaban J connectivity index is 1.91. The summed E-state index contributed by atoms with van der Waals surface area (Å²) in [6, 6.07) is 12.8. The molecule has 30 heavy (non-hydrogen) atoms. The van der Waals surface area contributed by atoms with Crippen LogP contribution in [0.1, 0.15) is 6.92 Å². The van der Waals surface area contributed by atoms with Crippen molar-refractivity contribution in [1.29, 1.82) is 0 Å². The lowest BCUT2D eigenvalue weighted by atomic mass is 10.0. The number of aromatic nitrogens is 2. The molecular formula is C22H16F4N2O2. The van der Waals surface area contributed by atoms with E-state index < -0.39 is 6.36 Å². The van der Waals surface area contributed by atoms with Gasteiger partial charge in [0.2, 0.25) is 0 Å². The summed E-state index contributed by atoms with van der Waals surface area (Å²) in [6.07, 6.45) is -1.39. The number of benzene rings is 2. The molecule has 0 aliphatic rings. The number of hydrogen-bond donors (Lipinski definition) is 0. The molecule has 0 unspecified atom stereocenters. The molecule has 0 amide bonds. The Morgan fingerprint density at radius 1 is 0.967 bits per heavy atom. The number of pyridine rings is 1. The van der Waals surface area contributed by atoms with Crippen molar-refractivity contribution in [1.82, 2.24) is 9.13 Å². The highest BCUT2D eigenvalue weighted by atomic mass is 19.4. The third kappa shape index (κ3) is 3.68. The number of rotatable bonds is 4. The van der Waals surface area contributed by atoms with Crippen molar-refractivity contribution in [2.45, 2.75) is 19.8 Å². The molecule has 2 aromatic carbocycles. The fraction of sp³-hybridized carbons (Fsp3) is 0.136. The van der Waals surface area contributed by atoms with Gasteiger partial charge < -0.3 is 9.30 Å². The minimum absolute atomic E-state index is 0.313. The number of ether oxygens (including phenoxy) is 1. The summed E-state index contributed by atoms with van der Waals surface area (Å²) in [7, 11) is 0. The van der Waals surface area contributed by atoms with Crippen LogP contribution in [-0.2, 0) is 6.54 Å². The zero-order valence-corrected chi connectivity index (χ0v) is 15.8. The number of halogens is 4. The van der Waals surface area contributed by atoms with Gasteiger partial charge in [0, 0.05) is 35.6 Å². The number of nitrogens with zero attached hydrogens (tertiary/aromatic N) is 2. The maximum Gasteiger partial charge on any atom is 0.573 e. The smallest absolute Gasteiger partial charge is 0.406 e. The summed E-state index contributed by atoms with van der Waals surface area (Å²) in [5.74, 6) is -0.759. The third-order valence-corrected chi connectivity index (χ3v) is 4.78. The summed E-state index contributed by atoms with van der Waals surface area (Å²) in [6.45, 7) is 2.46. The van der Waals surface area contributed by atoms with Gasteiger partial charge in [0.05, 0.1) is 0 Å². The van der Waals surface area contributed by atoms with Crippen molar-refractivity contribution in [2.75, 3.05) is 0 Å². The molecule has 0 N–H and O–H groups in total. The van der Waals surface area contributed by atoms with E-state index in [9.17, 15) is 22.4 Å². The summed E-state index contributed by atoms with van der Waals surface area (Å²) >= 11 is 0. The normalized spacial score (nSPS) is 11.8. The molecular weight excluding hydrogens is 400 g/mol. The Morgan fingerprint density at radius 3 is 2.23 bits per heavy atom. The van der Waals surface area contributed by atoms with Crippen LogP contribution in [0.5, 0.6) is 5.75 Å². The Kier molecular flexibility index (Phi) is 4.85. The highest BCUT2D eigenvalue weighted by Gasteiger charge is 2.31. The quantitative estimate of drug-likeness (QED) is 0.411. The topological polar surface area (TPSA) is 36.2 Å². The summed E-state index contributed by atoms with van der Waals surface area (Å²) in [5, 5.41) is 0.710. The van der Waals surface area contributed by atoms with Gasteiger partial charge in [0.25, 0.3) is 5.56 Å². The van der Waals surface area contributed by atoms with E-state index in [1.807, 2.05) is 13.0 Å². The van der Waals surface area contributed by atoms with Crippen molar-refractivity contribution in [3.63, 3.8) is 0 Å². The number of aryl methyl sites for hydroxylation is 1. The average molecular weight is 416 g/mol. The van der Waals surface area contributed by atoms with E-state index >= 15 is 0 Å². The van der Waals surface area contributed by atoms with Crippen molar-refractivity contribution in [3.05, 3.63) is 83.2 Å². The SMILES string of the molecule is CCn1ccc2c(-c3ccc(F)cc3)cn(-c3ccc(OC(F)(F)F)cc3)c(=O)c21. The molecule has 0 spiro atoms. The lowest BCUT2D eigenvalue weighted by molar-refractivity contribution is -0.274. The van der Waals surface area contributed by atoms with Crippen molar-refractivity contribution in [2.24, 2.45) is 0 Å². The van der Waals surface area contributed by atoms with Crippen LogP contribution in [0.4, 0.5) is 17.6 Å². The monoisotopic (exact) mass is 416 g/mol. The lowest BCUT2D eigenvalue weighted by Gasteiger charge is -2.13. The molecule has 4 aromatic rings. The van der Waals surface area contributed by atoms with Crippen LogP contribution in [-0.4, -0.2) is 15.5 Å². The minimum atomic E-state index is -4.80. The first kappa shape index (κ1) is 19.8. The van der Waals surface area contributed by atoms with E-state index in [1.54, 1.807) is 29.1 Å². The standard InChI is InChI=1S/C22H16F4N2O2/c1-2-27-12-11-18-19(14-3-5-15(23)6-4-14)13-28(21(29)20(18)27)16-7-9-17(10-8-16)30-22(24,25)26/h3-13H,2H2,1H3. The maximum absolute atomic E-state index is 13.4. The molecule has 0 saturated carbocycles. The molecule has 0 aliphatic carbocycles. The van der Waals surface area contributed by atoms with Crippen LogP contribution < -0.4 is 10.3 Å². The van der Waals surface area contributed by atoms with Crippen molar-refractivity contribution in [3.8, 4) is 22.6 Å². The highest BCUT2D eigenvalue weighted by molar-refractivity contribution is 5.95. The number of alkyl halides is 3. The average Bonchev–Trinajstić information content (AvgIpc) is 3.14. The minimum Gasteiger partial charge on any atom is -0.406 e. The summed E-state index contributed by atoms with van der Waals surface area (Å²) < 4.78 is 57.7. The Bertz CT molecular complexity index is 1250. The van der Waals surface area contributed by atoms with Gasteiger partial charge in [-0.1, -0.05) is 12.1 Å². The Morgan fingerprint density at radius 2 is 1.63 bits per heavy atom. The lowest BCUT2D eigenvalue weighted by Crippen LogP contribution is -2.21. The zero-order valence-electron chi connectivity index (χ0n) is 15.8. The van der Waals surface area contributed by atoms with Crippen LogP contribution in [0.3, 0.4) is 0 Å². The second-order valence-electron chi connectivity index (χ2n) is 6.63. The molecule has 154 valence electrons. The Labute approximate surface area is 168 Å². The molecule has 0 fully saturated rings. The summed E-state index contributed by atoms with van der Waals surface area (Å²) in [4.78, 5) is 13.2. The molecule has 0 atom stereocenters. The van der Waals surface area contributed by atoms with Gasteiger partial charge >= 0.3 is 6.36 Å². The van der Waals surface area contributed by atoms with E-state index in [0.717, 1.165) is 12.1 Å². The van der Waals surface area contributed by atoms with Gasteiger partial charge in [0.15, 0.2) is 0 Å². The molecule has 0 radical (unpaired) electrons. The first-order valence-corrected chi connectivity index (χ1v) is 9.13. The Hall–Kier alpha value is -3.55. The van der Waals surface area contributed by atoms with E-state index in [1.165, 1.54) is 28.8 Å². The first-order valence-electron chi connectivity index (χ1n) is 9.13. The van der Waals surface area contributed by atoms with Gasteiger partial charge in [-0.2, -0.15) is 0 Å². The third-order valence-electron chi connectivity index (χ3n) is 4.78. The number of hydrogen-bond acceptors (Lipinski definition) is 2. The molecule has 2 aromatic heterocycles. The van der Waals surface area contributed by atoms with Gasteiger partial charge in [-0.25, -0.2) is 4.39 Å². The van der Waals surface area contributed by atoms with Crippen LogP contribution in [0.25, 0.3) is 27.7 Å². The number of fused-ring (bicyclic) bond motifs is 1. The first-order chi connectivity index (χ1) is 14.3. The van der Waals surface area contributed by atoms with Crippen LogP contribution in [0.15, 0.2) is 71.8 Å². The predicted molar refractivity (Wildman–Crippen MR) is 105 cm³/mol. The van der Waals surface area contributed by atoms with E-state index in [4.69, 9.17) is 0 Å². The van der Waals surface area contributed by atoms with Crippen LogP contribution >= 0.6 is 0 Å². The molecule has 0 saturated heterocycles. The van der Waals surface area contributed by atoms with Gasteiger partial charge in [-0.15, -0.1) is 13.2 Å². The molecule has 4 rings (SSSR count). The van der Waals surface area contributed by atoms with Gasteiger partial charge in [-0.05, 0) is 55.0 Å². The second kappa shape index (κ2) is 7.37. The summed E-state index contributed by atoms with van der Waals surface area (Å²) in [5.41, 5.74) is 1.93. The van der Waals surface area contributed by atoms with E-state index in [0.29, 0.717) is 34.3 Å². The molecule has 8 heteroatoms. The van der Waals surface area contributed by atoms with Crippen LogP contribution in [0, 0.1) is 5.82 Å².